The summed E-state index contributed by atoms with van der Waals surface area (Å²) in [6.07, 6.45) is -0.952. The molecule has 0 aliphatic heterocycles. The van der Waals surface area contributed by atoms with Crippen molar-refractivity contribution in [1.29, 1.82) is 0 Å². The summed E-state index contributed by atoms with van der Waals surface area (Å²) in [5.41, 5.74) is 5.65. The van der Waals surface area contributed by atoms with E-state index in [1.807, 2.05) is 13.8 Å². The molecule has 0 heterocycles. The first-order chi connectivity index (χ1) is 10.2. The Kier molecular flexibility index (Phi) is 6.36. The van der Waals surface area contributed by atoms with Crippen LogP contribution in [0.25, 0.3) is 0 Å². The SMILES string of the molecule is CC(C)CC(NC(=O)O)C(=O)Nc1ccc(Br)cc1C(N)=O. The van der Waals surface area contributed by atoms with Crippen LogP contribution in [-0.2, 0) is 4.79 Å². The van der Waals surface area contributed by atoms with Gasteiger partial charge in [-0.05, 0) is 30.5 Å². The number of carbonyl (C=O) groups excluding carboxylic acids is 2. The van der Waals surface area contributed by atoms with E-state index in [9.17, 15) is 14.4 Å². The lowest BCUT2D eigenvalue weighted by Crippen LogP contribution is -2.44. The highest BCUT2D eigenvalue weighted by molar-refractivity contribution is 9.10. The molecular formula is C14H18BrN3O4. The van der Waals surface area contributed by atoms with Gasteiger partial charge in [0, 0.05) is 4.47 Å². The van der Waals surface area contributed by atoms with Crippen molar-refractivity contribution in [3.63, 3.8) is 0 Å². The molecule has 22 heavy (non-hydrogen) atoms. The monoisotopic (exact) mass is 371 g/mol. The number of carboxylic acid groups (broad SMARTS) is 1. The van der Waals surface area contributed by atoms with Crippen LogP contribution in [0.15, 0.2) is 22.7 Å². The number of hydrogen-bond donors (Lipinski definition) is 4. The van der Waals surface area contributed by atoms with E-state index in [2.05, 4.69) is 26.6 Å². The van der Waals surface area contributed by atoms with Crippen LogP contribution in [0.3, 0.4) is 0 Å². The molecule has 0 bridgehead atoms. The van der Waals surface area contributed by atoms with Crippen LogP contribution in [0.2, 0.25) is 0 Å². The van der Waals surface area contributed by atoms with Gasteiger partial charge in [-0.25, -0.2) is 4.79 Å². The zero-order valence-corrected chi connectivity index (χ0v) is 13.8. The van der Waals surface area contributed by atoms with E-state index in [-0.39, 0.29) is 17.2 Å². The van der Waals surface area contributed by atoms with Crippen molar-refractivity contribution in [3.8, 4) is 0 Å². The third-order valence-corrected chi connectivity index (χ3v) is 3.32. The van der Waals surface area contributed by atoms with Gasteiger partial charge >= 0.3 is 6.09 Å². The van der Waals surface area contributed by atoms with Crippen LogP contribution in [0.1, 0.15) is 30.6 Å². The van der Waals surface area contributed by atoms with Crippen LogP contribution in [0, 0.1) is 5.92 Å². The molecule has 1 atom stereocenters. The third-order valence-electron chi connectivity index (χ3n) is 2.83. The summed E-state index contributed by atoms with van der Waals surface area (Å²) in [4.78, 5) is 34.5. The number of amides is 3. The smallest absolute Gasteiger partial charge is 0.405 e. The van der Waals surface area contributed by atoms with Crippen molar-refractivity contribution in [2.45, 2.75) is 26.3 Å². The summed E-state index contributed by atoms with van der Waals surface area (Å²) in [6.45, 7) is 3.75. The predicted molar refractivity (Wildman–Crippen MR) is 85.7 cm³/mol. The van der Waals surface area contributed by atoms with Crippen LogP contribution < -0.4 is 16.4 Å². The highest BCUT2D eigenvalue weighted by Crippen LogP contribution is 2.21. The summed E-state index contributed by atoms with van der Waals surface area (Å²) in [7, 11) is 0. The fourth-order valence-electron chi connectivity index (χ4n) is 1.90. The molecule has 0 fully saturated rings. The third kappa shape index (κ3) is 5.36. The fraction of sp³-hybridized carbons (Fsp3) is 0.357. The molecule has 1 unspecified atom stereocenters. The van der Waals surface area contributed by atoms with E-state index < -0.39 is 23.9 Å². The maximum Gasteiger partial charge on any atom is 0.405 e. The Morgan fingerprint density at radius 2 is 1.95 bits per heavy atom. The van der Waals surface area contributed by atoms with Gasteiger partial charge in [0.15, 0.2) is 0 Å². The van der Waals surface area contributed by atoms with Gasteiger partial charge in [-0.2, -0.15) is 0 Å². The minimum Gasteiger partial charge on any atom is -0.465 e. The molecule has 7 nitrogen and oxygen atoms in total. The van der Waals surface area contributed by atoms with Crippen molar-refractivity contribution in [3.05, 3.63) is 28.2 Å². The Morgan fingerprint density at radius 1 is 1.32 bits per heavy atom. The van der Waals surface area contributed by atoms with Gasteiger partial charge in [-0.3, -0.25) is 9.59 Å². The standard InChI is InChI=1S/C14H18BrN3O4/c1-7(2)5-11(18-14(21)22)13(20)17-10-4-3-8(15)6-9(10)12(16)19/h3-4,6-7,11,18H,5H2,1-2H3,(H2,16,19)(H,17,20)(H,21,22). The van der Waals surface area contributed by atoms with E-state index in [1.165, 1.54) is 12.1 Å². The van der Waals surface area contributed by atoms with Crippen molar-refractivity contribution >= 4 is 39.5 Å². The first-order valence-electron chi connectivity index (χ1n) is 6.60. The van der Waals surface area contributed by atoms with Crippen molar-refractivity contribution < 1.29 is 19.5 Å². The van der Waals surface area contributed by atoms with Crippen molar-refractivity contribution in [1.82, 2.24) is 5.32 Å². The normalized spacial score (nSPS) is 11.8. The average molecular weight is 372 g/mol. The molecule has 0 aromatic heterocycles. The minimum atomic E-state index is -1.29. The molecule has 1 aromatic rings. The number of benzene rings is 1. The van der Waals surface area contributed by atoms with E-state index >= 15 is 0 Å². The van der Waals surface area contributed by atoms with Crippen LogP contribution in [0.4, 0.5) is 10.5 Å². The fourth-order valence-corrected chi connectivity index (χ4v) is 2.26. The number of carbonyl (C=O) groups is 3. The molecule has 5 N–H and O–H groups in total. The predicted octanol–water partition coefficient (Wildman–Crippen LogP) is 2.17. The van der Waals surface area contributed by atoms with Gasteiger partial charge in [0.2, 0.25) is 5.91 Å². The quantitative estimate of drug-likeness (QED) is 0.611. The number of anilines is 1. The van der Waals surface area contributed by atoms with Gasteiger partial charge in [0.25, 0.3) is 5.91 Å². The Labute approximate surface area is 136 Å². The molecule has 8 heteroatoms. The highest BCUT2D eigenvalue weighted by Gasteiger charge is 2.23. The maximum atomic E-state index is 12.2. The van der Waals surface area contributed by atoms with Crippen molar-refractivity contribution in [2.75, 3.05) is 5.32 Å². The number of primary amides is 1. The van der Waals surface area contributed by atoms with Gasteiger partial charge in [0.1, 0.15) is 6.04 Å². The lowest BCUT2D eigenvalue weighted by molar-refractivity contribution is -0.118. The lowest BCUT2D eigenvalue weighted by Gasteiger charge is -2.19. The summed E-state index contributed by atoms with van der Waals surface area (Å²) in [6, 6.07) is 3.74. The molecule has 0 radical (unpaired) electrons. The molecule has 120 valence electrons. The zero-order chi connectivity index (χ0) is 16.9. The second-order valence-electron chi connectivity index (χ2n) is 5.18. The largest absolute Gasteiger partial charge is 0.465 e. The number of nitrogens with two attached hydrogens (primary N) is 1. The summed E-state index contributed by atoms with van der Waals surface area (Å²) >= 11 is 3.21. The molecule has 1 rings (SSSR count). The molecular weight excluding hydrogens is 354 g/mol. The molecule has 0 aliphatic carbocycles. The Hall–Kier alpha value is -2.09. The second-order valence-corrected chi connectivity index (χ2v) is 6.09. The van der Waals surface area contributed by atoms with E-state index in [4.69, 9.17) is 10.8 Å². The summed E-state index contributed by atoms with van der Waals surface area (Å²) < 4.78 is 0.640. The molecule has 0 spiro atoms. The topological polar surface area (TPSA) is 122 Å². The van der Waals surface area contributed by atoms with Gasteiger partial charge in [0.05, 0.1) is 11.3 Å². The van der Waals surface area contributed by atoms with E-state index in [1.54, 1.807) is 6.07 Å². The van der Waals surface area contributed by atoms with E-state index in [0.717, 1.165) is 0 Å². The maximum absolute atomic E-state index is 12.2. The molecule has 0 saturated heterocycles. The van der Waals surface area contributed by atoms with Gasteiger partial charge < -0.3 is 21.5 Å². The second kappa shape index (κ2) is 7.79. The number of hydrogen-bond acceptors (Lipinski definition) is 3. The van der Waals surface area contributed by atoms with Crippen LogP contribution in [-0.4, -0.2) is 29.1 Å². The molecule has 1 aromatic carbocycles. The number of nitrogens with one attached hydrogen (secondary N) is 2. The minimum absolute atomic E-state index is 0.114. The summed E-state index contributed by atoms with van der Waals surface area (Å²) in [5, 5.41) is 13.5. The summed E-state index contributed by atoms with van der Waals surface area (Å²) in [5.74, 6) is -1.12. The Morgan fingerprint density at radius 3 is 2.45 bits per heavy atom. The Bertz CT molecular complexity index is 589. The molecule has 0 aliphatic rings. The molecule has 3 amide bonds. The molecule has 0 saturated carbocycles. The lowest BCUT2D eigenvalue weighted by atomic mass is 10.0. The Balaban J connectivity index is 2.98. The van der Waals surface area contributed by atoms with Crippen LogP contribution >= 0.6 is 15.9 Å². The van der Waals surface area contributed by atoms with Gasteiger partial charge in [-0.15, -0.1) is 0 Å². The average Bonchev–Trinajstić information content (AvgIpc) is 2.38. The van der Waals surface area contributed by atoms with Gasteiger partial charge in [-0.1, -0.05) is 29.8 Å². The highest BCUT2D eigenvalue weighted by atomic mass is 79.9. The zero-order valence-electron chi connectivity index (χ0n) is 12.2. The number of halogens is 1. The first kappa shape index (κ1) is 18.0. The number of rotatable bonds is 6. The first-order valence-corrected chi connectivity index (χ1v) is 7.39. The van der Waals surface area contributed by atoms with Crippen LogP contribution in [0.5, 0.6) is 0 Å². The van der Waals surface area contributed by atoms with E-state index in [0.29, 0.717) is 10.9 Å². The van der Waals surface area contributed by atoms with Crippen molar-refractivity contribution in [2.24, 2.45) is 11.7 Å².